The van der Waals surface area contributed by atoms with E-state index in [0.717, 1.165) is 0 Å². The van der Waals surface area contributed by atoms with Crippen molar-refractivity contribution in [2.24, 2.45) is 5.90 Å². The molecule has 0 unspecified atom stereocenters. The maximum absolute atomic E-state index is 5.69. The van der Waals surface area contributed by atoms with E-state index in [2.05, 4.69) is 20.0 Å². The minimum atomic E-state index is 0.0700. The largest absolute Gasteiger partial charge is 0.336 e. The number of nitrogens with two attached hydrogens (primary N) is 1. The number of nitrogens with zero attached hydrogens (tertiary/aromatic N) is 3. The lowest BCUT2D eigenvalue weighted by Crippen LogP contribution is -1.98. The van der Waals surface area contributed by atoms with Gasteiger partial charge in [0.2, 0.25) is 5.82 Å². The zero-order chi connectivity index (χ0) is 10.7. The smallest absolute Gasteiger partial charge is 0.255 e. The molecule has 0 fully saturated rings. The Labute approximate surface area is 90.0 Å². The first-order valence-electron chi connectivity index (χ1n) is 4.06. The quantitative estimate of drug-likeness (QED) is 0.791. The highest BCUT2D eigenvalue weighted by Gasteiger charge is 2.09. The summed E-state index contributed by atoms with van der Waals surface area (Å²) in [7, 11) is 0. The molecule has 15 heavy (non-hydrogen) atoms. The summed E-state index contributed by atoms with van der Waals surface area (Å²) in [5.74, 6) is 5.54. The van der Waals surface area contributed by atoms with Crippen LogP contribution in [0.15, 0.2) is 22.9 Å². The lowest BCUT2D eigenvalue weighted by Gasteiger charge is -1.92. The summed E-state index contributed by atoms with van der Waals surface area (Å²) in [6, 6.07) is 3.39. The molecule has 2 rings (SSSR count). The number of hydrogen-bond acceptors (Lipinski definition) is 6. The van der Waals surface area contributed by atoms with E-state index >= 15 is 0 Å². The highest BCUT2D eigenvalue weighted by Crippen LogP contribution is 2.15. The first-order valence-corrected chi connectivity index (χ1v) is 4.43. The van der Waals surface area contributed by atoms with Crippen LogP contribution >= 0.6 is 11.6 Å². The Morgan fingerprint density at radius 1 is 1.47 bits per heavy atom. The minimum absolute atomic E-state index is 0.0700. The molecule has 0 amide bonds. The standard InChI is InChI=1S/C8H7ClN4O2/c9-5-1-2-6(11-3-5)8-12-7(4-14-10)15-13-8/h1-3H,4,10H2. The van der Waals surface area contributed by atoms with Crippen LogP contribution in [0.2, 0.25) is 5.02 Å². The maximum atomic E-state index is 5.69. The first kappa shape index (κ1) is 10.0. The summed E-state index contributed by atoms with van der Waals surface area (Å²) in [5.41, 5.74) is 0.575. The molecule has 0 bridgehead atoms. The summed E-state index contributed by atoms with van der Waals surface area (Å²) >= 11 is 5.69. The Balaban J connectivity index is 2.25. The molecule has 2 aromatic rings. The molecule has 0 aliphatic heterocycles. The third kappa shape index (κ3) is 2.30. The summed E-state index contributed by atoms with van der Waals surface area (Å²) in [6.07, 6.45) is 1.51. The molecule has 0 aliphatic carbocycles. The zero-order valence-corrected chi connectivity index (χ0v) is 8.31. The predicted molar refractivity (Wildman–Crippen MR) is 51.5 cm³/mol. The van der Waals surface area contributed by atoms with E-state index in [4.69, 9.17) is 22.0 Å². The maximum Gasteiger partial charge on any atom is 0.255 e. The van der Waals surface area contributed by atoms with Crippen LogP contribution in [0.25, 0.3) is 11.5 Å². The van der Waals surface area contributed by atoms with Gasteiger partial charge in [0.1, 0.15) is 12.3 Å². The van der Waals surface area contributed by atoms with Crippen LogP contribution in [0.5, 0.6) is 0 Å². The average Bonchev–Trinajstić information content (AvgIpc) is 2.68. The number of aromatic nitrogens is 3. The van der Waals surface area contributed by atoms with Gasteiger partial charge in [0.15, 0.2) is 0 Å². The molecule has 6 nitrogen and oxygen atoms in total. The molecule has 0 aromatic carbocycles. The third-order valence-corrected chi connectivity index (χ3v) is 1.85. The van der Waals surface area contributed by atoms with Gasteiger partial charge >= 0.3 is 0 Å². The average molecular weight is 227 g/mol. The summed E-state index contributed by atoms with van der Waals surface area (Å²) < 4.78 is 4.85. The van der Waals surface area contributed by atoms with Crippen molar-refractivity contribution in [2.75, 3.05) is 0 Å². The molecular formula is C8H7ClN4O2. The van der Waals surface area contributed by atoms with Crippen molar-refractivity contribution in [2.45, 2.75) is 6.61 Å². The Bertz CT molecular complexity index is 442. The lowest BCUT2D eigenvalue weighted by atomic mass is 10.3. The second-order valence-corrected chi connectivity index (χ2v) is 3.12. The molecule has 0 spiro atoms. The van der Waals surface area contributed by atoms with Crippen molar-refractivity contribution < 1.29 is 9.36 Å². The zero-order valence-electron chi connectivity index (χ0n) is 7.55. The topological polar surface area (TPSA) is 87.1 Å². The van der Waals surface area contributed by atoms with Crippen LogP contribution in [-0.2, 0) is 11.4 Å². The lowest BCUT2D eigenvalue weighted by molar-refractivity contribution is 0.0996. The molecule has 0 aliphatic rings. The molecule has 0 atom stereocenters. The van der Waals surface area contributed by atoms with Gasteiger partial charge in [0, 0.05) is 6.20 Å². The third-order valence-electron chi connectivity index (χ3n) is 1.63. The minimum Gasteiger partial charge on any atom is -0.336 e. The van der Waals surface area contributed by atoms with Crippen molar-refractivity contribution in [3.05, 3.63) is 29.2 Å². The van der Waals surface area contributed by atoms with E-state index in [1.807, 2.05) is 0 Å². The fourth-order valence-electron chi connectivity index (χ4n) is 0.997. The van der Waals surface area contributed by atoms with Crippen LogP contribution in [0.1, 0.15) is 5.89 Å². The van der Waals surface area contributed by atoms with Gasteiger partial charge in [-0.1, -0.05) is 16.8 Å². The van der Waals surface area contributed by atoms with Crippen molar-refractivity contribution in [1.82, 2.24) is 15.1 Å². The Kier molecular flexibility index (Phi) is 2.91. The van der Waals surface area contributed by atoms with Gasteiger partial charge < -0.3 is 4.52 Å². The first-order chi connectivity index (χ1) is 7.29. The van der Waals surface area contributed by atoms with Gasteiger partial charge in [0.05, 0.1) is 5.02 Å². The highest BCUT2D eigenvalue weighted by atomic mass is 35.5. The normalized spacial score (nSPS) is 10.5. The fourth-order valence-corrected chi connectivity index (χ4v) is 1.11. The number of hydrogen-bond donors (Lipinski definition) is 1. The SMILES string of the molecule is NOCc1nc(-c2ccc(Cl)cn2)no1. The van der Waals surface area contributed by atoms with Crippen molar-refractivity contribution in [3.63, 3.8) is 0 Å². The van der Waals surface area contributed by atoms with Gasteiger partial charge in [-0.15, -0.1) is 0 Å². The highest BCUT2D eigenvalue weighted by molar-refractivity contribution is 6.30. The van der Waals surface area contributed by atoms with E-state index in [-0.39, 0.29) is 6.61 Å². The van der Waals surface area contributed by atoms with Crippen LogP contribution in [0.4, 0.5) is 0 Å². The second-order valence-electron chi connectivity index (χ2n) is 2.68. The molecule has 0 saturated carbocycles. The molecule has 0 radical (unpaired) electrons. The van der Waals surface area contributed by atoms with Crippen molar-refractivity contribution in [1.29, 1.82) is 0 Å². The van der Waals surface area contributed by atoms with Gasteiger partial charge in [-0.3, -0.25) is 9.82 Å². The van der Waals surface area contributed by atoms with Gasteiger partial charge in [-0.25, -0.2) is 5.90 Å². The molecule has 78 valence electrons. The molecule has 2 heterocycles. The molecular weight excluding hydrogens is 220 g/mol. The van der Waals surface area contributed by atoms with Crippen LogP contribution in [-0.4, -0.2) is 15.1 Å². The molecule has 7 heteroatoms. The summed E-state index contributed by atoms with van der Waals surface area (Å²) in [4.78, 5) is 12.4. The molecule has 2 aromatic heterocycles. The van der Waals surface area contributed by atoms with Crippen LogP contribution in [0, 0.1) is 0 Å². The fraction of sp³-hybridized carbons (Fsp3) is 0.125. The monoisotopic (exact) mass is 226 g/mol. The van der Waals surface area contributed by atoms with Crippen LogP contribution in [0.3, 0.4) is 0 Å². The Morgan fingerprint density at radius 2 is 2.33 bits per heavy atom. The van der Waals surface area contributed by atoms with Crippen molar-refractivity contribution in [3.8, 4) is 11.5 Å². The Morgan fingerprint density at radius 3 is 3.00 bits per heavy atom. The second kappa shape index (κ2) is 4.35. The van der Waals surface area contributed by atoms with Gasteiger partial charge in [-0.2, -0.15) is 4.98 Å². The van der Waals surface area contributed by atoms with E-state index < -0.39 is 0 Å². The Hall–Kier alpha value is -1.50. The summed E-state index contributed by atoms with van der Waals surface area (Å²) in [5, 5.41) is 4.26. The molecule has 2 N–H and O–H groups in total. The molecule has 0 saturated heterocycles. The predicted octanol–water partition coefficient (Wildman–Crippen LogP) is 1.18. The van der Waals surface area contributed by atoms with Gasteiger partial charge in [0.25, 0.3) is 5.89 Å². The van der Waals surface area contributed by atoms with E-state index in [9.17, 15) is 0 Å². The summed E-state index contributed by atoms with van der Waals surface area (Å²) in [6.45, 7) is 0.0700. The number of halogens is 1. The van der Waals surface area contributed by atoms with Crippen LogP contribution < -0.4 is 5.90 Å². The van der Waals surface area contributed by atoms with Crippen molar-refractivity contribution >= 4 is 11.6 Å². The number of rotatable bonds is 3. The number of pyridine rings is 1. The van der Waals surface area contributed by atoms with E-state index in [1.54, 1.807) is 12.1 Å². The van der Waals surface area contributed by atoms with Gasteiger partial charge in [-0.05, 0) is 12.1 Å². The van der Waals surface area contributed by atoms with E-state index in [1.165, 1.54) is 6.20 Å². The van der Waals surface area contributed by atoms with E-state index in [0.29, 0.717) is 22.4 Å².